The van der Waals surface area contributed by atoms with Gasteiger partial charge >= 0.3 is 11.9 Å². The Hall–Kier alpha value is -2.89. The molecule has 0 saturated heterocycles. The van der Waals surface area contributed by atoms with E-state index < -0.39 is 23.4 Å². The lowest BCUT2D eigenvalue weighted by Crippen LogP contribution is -2.57. The maximum Gasteiger partial charge on any atom is 0.325 e. The highest BCUT2D eigenvalue weighted by atomic mass is 16.6. The van der Waals surface area contributed by atoms with E-state index in [2.05, 4.69) is 5.32 Å². The molecule has 0 bridgehead atoms. The molecule has 2 aromatic carbocycles. The smallest absolute Gasteiger partial charge is 0.325 e. The fourth-order valence-corrected chi connectivity index (χ4v) is 3.43. The molecule has 28 heavy (non-hydrogen) atoms. The van der Waals surface area contributed by atoms with Gasteiger partial charge in [0.05, 0.1) is 19.3 Å². The van der Waals surface area contributed by atoms with Gasteiger partial charge in [-0.3, -0.25) is 14.4 Å². The van der Waals surface area contributed by atoms with Crippen LogP contribution in [0.5, 0.6) is 0 Å². The molecule has 0 aliphatic rings. The fourth-order valence-electron chi connectivity index (χ4n) is 3.43. The van der Waals surface area contributed by atoms with Crippen LogP contribution in [0.25, 0.3) is 10.8 Å². The maximum atomic E-state index is 13.1. The van der Waals surface area contributed by atoms with Crippen LogP contribution in [0.15, 0.2) is 42.5 Å². The first-order valence-electron chi connectivity index (χ1n) is 9.45. The second-order valence-corrected chi connectivity index (χ2v) is 6.65. The summed E-state index contributed by atoms with van der Waals surface area (Å²) in [4.78, 5) is 37.9. The van der Waals surface area contributed by atoms with Crippen molar-refractivity contribution in [3.05, 3.63) is 48.0 Å². The molecule has 1 unspecified atom stereocenters. The summed E-state index contributed by atoms with van der Waals surface area (Å²) < 4.78 is 10.5. The molecule has 6 heteroatoms. The highest BCUT2D eigenvalue weighted by Crippen LogP contribution is 2.34. The first kappa shape index (κ1) is 21.4. The topological polar surface area (TPSA) is 81.7 Å². The number of benzene rings is 2. The molecule has 150 valence electrons. The normalized spacial score (nSPS) is 12.3. The van der Waals surface area contributed by atoms with E-state index in [9.17, 15) is 14.4 Å². The summed E-state index contributed by atoms with van der Waals surface area (Å²) in [5.74, 6) is -1.76. The first-order chi connectivity index (χ1) is 13.4. The zero-order chi connectivity index (χ0) is 20.7. The van der Waals surface area contributed by atoms with Gasteiger partial charge in [0.15, 0.2) is 5.41 Å². The third kappa shape index (κ3) is 4.32. The third-order valence-electron chi connectivity index (χ3n) is 4.79. The van der Waals surface area contributed by atoms with Gasteiger partial charge in [-0.2, -0.15) is 0 Å². The lowest BCUT2D eigenvalue weighted by Gasteiger charge is -2.35. The average molecular weight is 385 g/mol. The van der Waals surface area contributed by atoms with Gasteiger partial charge in [-0.25, -0.2) is 0 Å². The summed E-state index contributed by atoms with van der Waals surface area (Å²) in [6.45, 7) is 6.55. The van der Waals surface area contributed by atoms with Crippen molar-refractivity contribution in [1.82, 2.24) is 5.32 Å². The fraction of sp³-hybridized carbons (Fsp3) is 0.409. The number of hydrogen-bond donors (Lipinski definition) is 1. The van der Waals surface area contributed by atoms with E-state index in [-0.39, 0.29) is 25.5 Å². The van der Waals surface area contributed by atoms with Crippen LogP contribution in [0.1, 0.15) is 33.3 Å². The quantitative estimate of drug-likeness (QED) is 0.558. The predicted molar refractivity (Wildman–Crippen MR) is 107 cm³/mol. The molecule has 0 aliphatic carbocycles. The second kappa shape index (κ2) is 9.35. The summed E-state index contributed by atoms with van der Waals surface area (Å²) in [5.41, 5.74) is -0.890. The summed E-state index contributed by atoms with van der Waals surface area (Å²) in [6.07, 6.45) is 0.0491. The van der Waals surface area contributed by atoms with Crippen LogP contribution < -0.4 is 5.32 Å². The van der Waals surface area contributed by atoms with Crippen molar-refractivity contribution in [2.75, 3.05) is 13.2 Å². The highest BCUT2D eigenvalue weighted by molar-refractivity contribution is 6.02. The second-order valence-electron chi connectivity index (χ2n) is 6.65. The predicted octanol–water partition coefficient (Wildman–Crippen LogP) is 3.02. The van der Waals surface area contributed by atoms with E-state index in [4.69, 9.17) is 9.47 Å². The Morgan fingerprint density at radius 2 is 1.54 bits per heavy atom. The average Bonchev–Trinajstić information content (AvgIpc) is 2.65. The van der Waals surface area contributed by atoms with Crippen molar-refractivity contribution in [3.63, 3.8) is 0 Å². The largest absolute Gasteiger partial charge is 0.465 e. The summed E-state index contributed by atoms with van der Waals surface area (Å²) >= 11 is 0. The summed E-state index contributed by atoms with van der Waals surface area (Å²) in [7, 11) is 0. The van der Waals surface area contributed by atoms with Gasteiger partial charge < -0.3 is 14.8 Å². The maximum absolute atomic E-state index is 13.1. The molecular formula is C22H27NO5. The van der Waals surface area contributed by atoms with E-state index in [1.807, 2.05) is 42.5 Å². The van der Waals surface area contributed by atoms with Crippen molar-refractivity contribution < 1.29 is 23.9 Å². The summed E-state index contributed by atoms with van der Waals surface area (Å²) in [5, 5.41) is 4.61. The van der Waals surface area contributed by atoms with Crippen molar-refractivity contribution in [3.8, 4) is 0 Å². The summed E-state index contributed by atoms with van der Waals surface area (Å²) in [6, 6.07) is 12.6. The lowest BCUT2D eigenvalue weighted by molar-refractivity contribution is -0.174. The number of carbonyl (C=O) groups is 3. The molecular weight excluding hydrogens is 358 g/mol. The van der Waals surface area contributed by atoms with Crippen LogP contribution in [0.3, 0.4) is 0 Å². The Kier molecular flexibility index (Phi) is 7.15. The van der Waals surface area contributed by atoms with Crippen LogP contribution in [-0.2, 0) is 30.3 Å². The lowest BCUT2D eigenvalue weighted by atomic mass is 9.74. The van der Waals surface area contributed by atoms with Crippen LogP contribution in [0.2, 0.25) is 0 Å². The molecule has 0 aliphatic heterocycles. The van der Waals surface area contributed by atoms with E-state index in [0.29, 0.717) is 0 Å². The number of rotatable bonds is 8. The molecule has 0 saturated carbocycles. The number of fused-ring (bicyclic) bond motifs is 1. The van der Waals surface area contributed by atoms with E-state index in [1.165, 1.54) is 6.92 Å². The molecule has 1 N–H and O–H groups in total. The van der Waals surface area contributed by atoms with E-state index in [1.54, 1.807) is 20.8 Å². The zero-order valence-corrected chi connectivity index (χ0v) is 16.8. The number of esters is 2. The minimum atomic E-state index is -1.69. The molecule has 1 amide bonds. The van der Waals surface area contributed by atoms with Gasteiger partial charge in [0, 0.05) is 13.3 Å². The van der Waals surface area contributed by atoms with E-state index in [0.717, 1.165) is 16.3 Å². The molecule has 6 nitrogen and oxygen atoms in total. The molecule has 1 atom stereocenters. The van der Waals surface area contributed by atoms with E-state index >= 15 is 0 Å². The van der Waals surface area contributed by atoms with Crippen molar-refractivity contribution in [2.24, 2.45) is 5.41 Å². The van der Waals surface area contributed by atoms with Crippen LogP contribution in [-0.4, -0.2) is 37.1 Å². The van der Waals surface area contributed by atoms with Gasteiger partial charge in [-0.05, 0) is 37.1 Å². The van der Waals surface area contributed by atoms with Gasteiger partial charge in [0.1, 0.15) is 0 Å². The highest BCUT2D eigenvalue weighted by Gasteiger charge is 2.54. The van der Waals surface area contributed by atoms with Crippen LogP contribution >= 0.6 is 0 Å². The molecule has 0 fully saturated rings. The first-order valence-corrected chi connectivity index (χ1v) is 9.45. The number of hydrogen-bond acceptors (Lipinski definition) is 5. The monoisotopic (exact) mass is 385 g/mol. The molecule has 0 radical (unpaired) electrons. The number of ether oxygens (including phenoxy) is 2. The number of nitrogens with one attached hydrogen (secondary N) is 1. The van der Waals surface area contributed by atoms with Crippen molar-refractivity contribution in [2.45, 2.75) is 40.2 Å². The Labute approximate surface area is 165 Å². The van der Waals surface area contributed by atoms with Crippen molar-refractivity contribution in [1.29, 1.82) is 0 Å². The van der Waals surface area contributed by atoms with Gasteiger partial charge in [0.2, 0.25) is 5.91 Å². The Balaban J connectivity index is 2.64. The van der Waals surface area contributed by atoms with Crippen molar-refractivity contribution >= 4 is 28.6 Å². The number of amides is 1. The minimum absolute atomic E-state index is 0.0491. The van der Waals surface area contributed by atoms with Gasteiger partial charge in [-0.15, -0.1) is 0 Å². The van der Waals surface area contributed by atoms with Gasteiger partial charge in [-0.1, -0.05) is 42.5 Å². The standard InChI is InChI=1S/C22H27NO5/c1-5-27-20(25)22(21(26)28-6-2,15(3)23-16(4)24)14-18-12-9-11-17-10-7-8-13-19(17)18/h7-13,15H,5-6,14H2,1-4H3,(H,23,24). The van der Waals surface area contributed by atoms with Crippen LogP contribution in [0, 0.1) is 5.41 Å². The van der Waals surface area contributed by atoms with Crippen LogP contribution in [0.4, 0.5) is 0 Å². The number of carbonyl (C=O) groups excluding carboxylic acids is 3. The molecule has 0 aromatic heterocycles. The van der Waals surface area contributed by atoms with Gasteiger partial charge in [0.25, 0.3) is 0 Å². The molecule has 2 rings (SSSR count). The Bertz CT molecular complexity index is 838. The third-order valence-corrected chi connectivity index (χ3v) is 4.79. The molecule has 0 spiro atoms. The zero-order valence-electron chi connectivity index (χ0n) is 16.8. The molecule has 0 heterocycles. The Morgan fingerprint density at radius 3 is 2.11 bits per heavy atom. The minimum Gasteiger partial charge on any atom is -0.465 e. The Morgan fingerprint density at radius 1 is 0.964 bits per heavy atom. The molecule has 2 aromatic rings. The SMILES string of the molecule is CCOC(=O)C(Cc1cccc2ccccc12)(C(=O)OCC)C(C)NC(C)=O.